The Kier molecular flexibility index (Phi) is 11.0. The first kappa shape index (κ1) is 22.4. The van der Waals surface area contributed by atoms with Crippen LogP contribution < -0.4 is 22.1 Å². The van der Waals surface area contributed by atoms with Crippen molar-refractivity contribution in [3.8, 4) is 0 Å². The van der Waals surface area contributed by atoms with Crippen LogP contribution in [0.5, 0.6) is 0 Å². The molecule has 0 saturated carbocycles. The Morgan fingerprint density at radius 2 is 1.83 bits per heavy atom. The second kappa shape index (κ2) is 11.8. The summed E-state index contributed by atoms with van der Waals surface area (Å²) in [6.45, 7) is 1.37. The van der Waals surface area contributed by atoms with Gasteiger partial charge in [0.2, 0.25) is 17.7 Å². The maximum atomic E-state index is 12.3. The zero-order chi connectivity index (χ0) is 18.7. The molecule has 9 nitrogen and oxygen atoms in total. The molecule has 10 heteroatoms. The Morgan fingerprint density at radius 3 is 2.29 bits per heavy atom. The molecule has 0 rings (SSSR count). The Morgan fingerprint density at radius 1 is 1.21 bits per heavy atom. The summed E-state index contributed by atoms with van der Waals surface area (Å²) in [4.78, 5) is 46.0. The highest BCUT2D eigenvalue weighted by Gasteiger charge is 2.26. The van der Waals surface area contributed by atoms with E-state index in [1.807, 2.05) is 6.26 Å². The van der Waals surface area contributed by atoms with Crippen LogP contribution in [0.1, 0.15) is 26.2 Å². The van der Waals surface area contributed by atoms with Crippen molar-refractivity contribution >= 4 is 35.8 Å². The molecule has 0 bridgehead atoms. The predicted octanol–water partition coefficient (Wildman–Crippen LogP) is -2.12. The third-order valence-corrected chi connectivity index (χ3v) is 3.90. The van der Waals surface area contributed by atoms with E-state index in [0.29, 0.717) is 18.5 Å². The van der Waals surface area contributed by atoms with Crippen LogP contribution >= 0.6 is 11.8 Å². The fourth-order valence-electron chi connectivity index (χ4n) is 1.75. The second-order valence-corrected chi connectivity index (χ2v) is 6.35. The summed E-state index contributed by atoms with van der Waals surface area (Å²) < 4.78 is 0. The van der Waals surface area contributed by atoms with Gasteiger partial charge in [0.25, 0.3) is 0 Å². The molecule has 7 N–H and O–H groups in total. The molecule has 0 saturated heterocycles. The van der Waals surface area contributed by atoms with Crippen LogP contribution in [0.2, 0.25) is 0 Å². The van der Waals surface area contributed by atoms with Gasteiger partial charge in [-0.1, -0.05) is 0 Å². The number of rotatable bonds is 12. The molecule has 138 valence electrons. The van der Waals surface area contributed by atoms with Gasteiger partial charge in [-0.3, -0.25) is 14.4 Å². The topological polar surface area (TPSA) is 165 Å². The number of aliphatic hydroxyl groups excluding tert-OH is 1. The number of thioether (sulfide) groups is 1. The van der Waals surface area contributed by atoms with Gasteiger partial charge in [-0.05, 0) is 31.8 Å². The van der Waals surface area contributed by atoms with Gasteiger partial charge in [-0.25, -0.2) is 0 Å². The van der Waals surface area contributed by atoms with E-state index in [-0.39, 0.29) is 12.8 Å². The summed E-state index contributed by atoms with van der Waals surface area (Å²) in [5, 5.41) is 14.3. The number of carbonyl (C=O) groups excluding carboxylic acids is 4. The molecule has 0 radical (unpaired) electrons. The lowest BCUT2D eigenvalue weighted by molar-refractivity contribution is -0.131. The molecule has 0 aliphatic carbocycles. The van der Waals surface area contributed by atoms with E-state index in [2.05, 4.69) is 10.6 Å². The number of aldehydes is 1. The van der Waals surface area contributed by atoms with Crippen LogP contribution in [-0.2, 0) is 19.2 Å². The van der Waals surface area contributed by atoms with Crippen LogP contribution in [-0.4, -0.2) is 65.4 Å². The summed E-state index contributed by atoms with van der Waals surface area (Å²) >= 11 is 1.49. The maximum Gasteiger partial charge on any atom is 0.243 e. The summed E-state index contributed by atoms with van der Waals surface area (Å²) in [5.41, 5.74) is 10.6. The maximum absolute atomic E-state index is 12.3. The van der Waals surface area contributed by atoms with Gasteiger partial charge in [0, 0.05) is 6.42 Å². The number of carbonyl (C=O) groups is 4. The van der Waals surface area contributed by atoms with E-state index in [4.69, 9.17) is 11.5 Å². The number of hydrogen-bond donors (Lipinski definition) is 5. The molecule has 0 aromatic carbocycles. The van der Waals surface area contributed by atoms with Crippen molar-refractivity contribution in [1.82, 2.24) is 10.6 Å². The molecule has 0 heterocycles. The monoisotopic (exact) mass is 362 g/mol. The van der Waals surface area contributed by atoms with E-state index in [1.165, 1.54) is 18.7 Å². The van der Waals surface area contributed by atoms with E-state index in [1.54, 1.807) is 0 Å². The standard InChI is InChI=1S/C14H26N4O5S/c1-8(20)12(16)14(23)18-10(5-6-24-2)13(22)17-9(7-19)3-4-11(15)21/h7-10,12,20H,3-6,16H2,1-2H3,(H2,15,21)(H,17,22)(H,18,23)/t8-,9+,10+,12+/m1/s1. The number of nitrogens with one attached hydrogen (secondary N) is 2. The van der Waals surface area contributed by atoms with E-state index >= 15 is 0 Å². The number of amides is 3. The average Bonchev–Trinajstić information content (AvgIpc) is 2.53. The zero-order valence-corrected chi connectivity index (χ0v) is 14.7. The summed E-state index contributed by atoms with van der Waals surface area (Å²) in [6, 6.07) is -2.93. The summed E-state index contributed by atoms with van der Waals surface area (Å²) in [7, 11) is 0. The first-order chi connectivity index (χ1) is 11.2. The molecule has 4 atom stereocenters. The molecule has 3 amide bonds. The molecule has 0 aromatic rings. The highest BCUT2D eigenvalue weighted by atomic mass is 32.2. The number of nitrogens with two attached hydrogens (primary N) is 2. The van der Waals surface area contributed by atoms with Gasteiger partial charge in [0.15, 0.2) is 0 Å². The van der Waals surface area contributed by atoms with Crippen molar-refractivity contribution in [2.75, 3.05) is 12.0 Å². The third-order valence-electron chi connectivity index (χ3n) is 3.26. The van der Waals surface area contributed by atoms with Crippen molar-refractivity contribution in [2.45, 2.75) is 50.4 Å². The minimum Gasteiger partial charge on any atom is -0.391 e. The summed E-state index contributed by atoms with van der Waals surface area (Å²) in [6.07, 6.45) is 1.66. The second-order valence-electron chi connectivity index (χ2n) is 5.37. The van der Waals surface area contributed by atoms with Crippen LogP contribution in [0.4, 0.5) is 0 Å². The minimum atomic E-state index is -1.16. The molecule has 24 heavy (non-hydrogen) atoms. The molecule has 0 aliphatic rings. The van der Waals surface area contributed by atoms with E-state index in [0.717, 1.165) is 0 Å². The highest BCUT2D eigenvalue weighted by molar-refractivity contribution is 7.98. The predicted molar refractivity (Wildman–Crippen MR) is 91.0 cm³/mol. The molecular weight excluding hydrogens is 336 g/mol. The molecule has 0 aromatic heterocycles. The number of primary amides is 1. The Bertz CT molecular complexity index is 447. The van der Waals surface area contributed by atoms with E-state index < -0.39 is 42.0 Å². The Labute approximate surface area is 145 Å². The van der Waals surface area contributed by atoms with Gasteiger partial charge >= 0.3 is 0 Å². The lowest BCUT2D eigenvalue weighted by Crippen LogP contribution is -2.55. The van der Waals surface area contributed by atoms with Crippen molar-refractivity contribution in [3.05, 3.63) is 0 Å². The quantitative estimate of drug-likeness (QED) is 0.248. The lowest BCUT2D eigenvalue weighted by Gasteiger charge is -2.23. The van der Waals surface area contributed by atoms with E-state index in [9.17, 15) is 24.3 Å². The van der Waals surface area contributed by atoms with Gasteiger partial charge in [-0.15, -0.1) is 0 Å². The first-order valence-corrected chi connectivity index (χ1v) is 8.89. The molecule has 0 aliphatic heterocycles. The SMILES string of the molecule is CSCC[C@H](NC(=O)[C@@H](N)[C@@H](C)O)C(=O)N[C@H](C=O)CCC(N)=O. The van der Waals surface area contributed by atoms with Crippen LogP contribution in [0.3, 0.4) is 0 Å². The molecule has 0 spiro atoms. The van der Waals surface area contributed by atoms with Crippen LogP contribution in [0.15, 0.2) is 0 Å². The average molecular weight is 362 g/mol. The van der Waals surface area contributed by atoms with Gasteiger partial charge in [0.1, 0.15) is 18.4 Å². The first-order valence-electron chi connectivity index (χ1n) is 7.49. The number of hydrogen-bond acceptors (Lipinski definition) is 7. The summed E-state index contributed by atoms with van der Waals surface area (Å²) in [5.74, 6) is -1.20. The lowest BCUT2D eigenvalue weighted by atomic mass is 10.1. The smallest absolute Gasteiger partial charge is 0.243 e. The van der Waals surface area contributed by atoms with Gasteiger partial charge in [-0.2, -0.15) is 11.8 Å². The van der Waals surface area contributed by atoms with Crippen LogP contribution in [0, 0.1) is 0 Å². The van der Waals surface area contributed by atoms with Crippen molar-refractivity contribution in [1.29, 1.82) is 0 Å². The minimum absolute atomic E-state index is 0.0432. The van der Waals surface area contributed by atoms with Gasteiger partial charge < -0.3 is 32.0 Å². The molecule has 0 fully saturated rings. The normalized spacial score (nSPS) is 15.7. The Balaban J connectivity index is 4.82. The van der Waals surface area contributed by atoms with Crippen molar-refractivity contribution in [3.63, 3.8) is 0 Å². The fraction of sp³-hybridized carbons (Fsp3) is 0.714. The molecular formula is C14H26N4O5S. The molecule has 0 unspecified atom stereocenters. The fourth-order valence-corrected chi connectivity index (χ4v) is 2.22. The number of aliphatic hydroxyl groups is 1. The Hall–Kier alpha value is -1.65. The zero-order valence-electron chi connectivity index (χ0n) is 13.9. The van der Waals surface area contributed by atoms with Crippen molar-refractivity contribution in [2.24, 2.45) is 11.5 Å². The van der Waals surface area contributed by atoms with Gasteiger partial charge in [0.05, 0.1) is 12.1 Å². The third kappa shape index (κ3) is 8.85. The highest BCUT2D eigenvalue weighted by Crippen LogP contribution is 2.04. The van der Waals surface area contributed by atoms with Crippen molar-refractivity contribution < 1.29 is 24.3 Å². The largest absolute Gasteiger partial charge is 0.391 e. The van der Waals surface area contributed by atoms with Crippen LogP contribution in [0.25, 0.3) is 0 Å².